The van der Waals surface area contributed by atoms with Gasteiger partial charge in [-0.1, -0.05) is 6.42 Å². The highest BCUT2D eigenvalue weighted by atomic mass is 16.5. The molecule has 1 heterocycles. The number of hydrogen-bond acceptors (Lipinski definition) is 4. The van der Waals surface area contributed by atoms with Crippen LogP contribution in [0, 0.1) is 11.8 Å². The van der Waals surface area contributed by atoms with Crippen molar-refractivity contribution in [3.8, 4) is 0 Å². The van der Waals surface area contributed by atoms with Gasteiger partial charge in [-0.2, -0.15) is 0 Å². The number of carbonyl (C=O) groups is 1. The molecule has 3 unspecified atom stereocenters. The lowest BCUT2D eigenvalue weighted by molar-refractivity contribution is -0.122. The summed E-state index contributed by atoms with van der Waals surface area (Å²) in [5.41, 5.74) is 0. The van der Waals surface area contributed by atoms with Gasteiger partial charge >= 0.3 is 0 Å². The summed E-state index contributed by atoms with van der Waals surface area (Å²) < 4.78 is 5.59. The second kappa shape index (κ2) is 6.87. The Morgan fingerprint density at radius 2 is 2.10 bits per heavy atom. The van der Waals surface area contributed by atoms with E-state index in [4.69, 9.17) is 4.74 Å². The van der Waals surface area contributed by atoms with Crippen LogP contribution in [0.1, 0.15) is 32.1 Å². The molecule has 0 aromatic rings. The number of hydrogen-bond donors (Lipinski definition) is 3. The lowest BCUT2D eigenvalue weighted by Gasteiger charge is -2.33. The molecule has 3 fully saturated rings. The highest BCUT2D eigenvalue weighted by Gasteiger charge is 2.34. The second-order valence-electron chi connectivity index (χ2n) is 6.36. The van der Waals surface area contributed by atoms with Crippen molar-refractivity contribution >= 4 is 5.91 Å². The van der Waals surface area contributed by atoms with E-state index < -0.39 is 0 Å². The Balaban J connectivity index is 1.36. The molecule has 5 heteroatoms. The van der Waals surface area contributed by atoms with Crippen molar-refractivity contribution < 1.29 is 9.53 Å². The molecule has 0 radical (unpaired) electrons. The zero-order valence-electron chi connectivity index (χ0n) is 12.2. The Morgan fingerprint density at radius 3 is 2.85 bits per heavy atom. The molecule has 0 spiro atoms. The van der Waals surface area contributed by atoms with Crippen LogP contribution in [-0.4, -0.2) is 50.8 Å². The first-order chi connectivity index (χ1) is 9.84. The van der Waals surface area contributed by atoms with Gasteiger partial charge in [-0.15, -0.1) is 0 Å². The Kier molecular flexibility index (Phi) is 4.91. The van der Waals surface area contributed by atoms with Gasteiger partial charge in [0.15, 0.2) is 0 Å². The molecule has 114 valence electrons. The third-order valence-electron chi connectivity index (χ3n) is 4.82. The topological polar surface area (TPSA) is 62.4 Å². The number of nitrogens with one attached hydrogen (secondary N) is 3. The first kappa shape index (κ1) is 14.3. The molecular formula is C15H27N3O2. The van der Waals surface area contributed by atoms with Crippen LogP contribution in [0.15, 0.2) is 0 Å². The summed E-state index contributed by atoms with van der Waals surface area (Å²) in [5, 5.41) is 10.2. The van der Waals surface area contributed by atoms with Gasteiger partial charge in [0.25, 0.3) is 0 Å². The van der Waals surface area contributed by atoms with Crippen molar-refractivity contribution in [1.29, 1.82) is 0 Å². The van der Waals surface area contributed by atoms with Crippen molar-refractivity contribution in [1.82, 2.24) is 16.0 Å². The highest BCUT2D eigenvalue weighted by Crippen LogP contribution is 2.29. The summed E-state index contributed by atoms with van der Waals surface area (Å²) in [7, 11) is 0. The van der Waals surface area contributed by atoms with Crippen molar-refractivity contribution in [2.75, 3.05) is 32.8 Å². The highest BCUT2D eigenvalue weighted by molar-refractivity contribution is 5.80. The zero-order valence-corrected chi connectivity index (χ0v) is 12.2. The summed E-state index contributed by atoms with van der Waals surface area (Å²) in [6.45, 7) is 4.31. The van der Waals surface area contributed by atoms with Gasteiger partial charge in [-0.25, -0.2) is 0 Å². The molecule has 1 aliphatic heterocycles. The van der Waals surface area contributed by atoms with Crippen LogP contribution in [0.25, 0.3) is 0 Å². The molecule has 3 N–H and O–H groups in total. The molecule has 0 aromatic carbocycles. The van der Waals surface area contributed by atoms with Crippen LogP contribution in [0.4, 0.5) is 0 Å². The average Bonchev–Trinajstić information content (AvgIpc) is 3.23. The average molecular weight is 281 g/mol. The minimum Gasteiger partial charge on any atom is -0.379 e. The Bertz CT molecular complexity index is 327. The lowest BCUT2D eigenvalue weighted by Crippen LogP contribution is -2.51. The van der Waals surface area contributed by atoms with Crippen LogP contribution in [0.5, 0.6) is 0 Å². The van der Waals surface area contributed by atoms with Gasteiger partial charge < -0.3 is 20.7 Å². The fourth-order valence-corrected chi connectivity index (χ4v) is 3.52. The summed E-state index contributed by atoms with van der Waals surface area (Å²) in [6.07, 6.45) is 6.00. The molecule has 1 saturated heterocycles. The van der Waals surface area contributed by atoms with E-state index >= 15 is 0 Å². The van der Waals surface area contributed by atoms with E-state index in [9.17, 15) is 4.79 Å². The minimum absolute atomic E-state index is 0.247. The van der Waals surface area contributed by atoms with Gasteiger partial charge in [-0.05, 0) is 31.6 Å². The van der Waals surface area contributed by atoms with E-state index in [1.54, 1.807) is 0 Å². The second-order valence-corrected chi connectivity index (χ2v) is 6.36. The molecule has 2 saturated carbocycles. The number of carbonyl (C=O) groups excluding carboxylic acids is 1. The minimum atomic E-state index is 0.247. The predicted octanol–water partition coefficient (Wildman–Crippen LogP) is 0.259. The van der Waals surface area contributed by atoms with Crippen molar-refractivity contribution in [2.45, 2.75) is 44.2 Å². The number of morpholine rings is 1. The molecule has 20 heavy (non-hydrogen) atoms. The van der Waals surface area contributed by atoms with Gasteiger partial charge in [-0.3, -0.25) is 4.79 Å². The van der Waals surface area contributed by atoms with Crippen LogP contribution < -0.4 is 16.0 Å². The zero-order chi connectivity index (χ0) is 13.8. The maximum Gasteiger partial charge on any atom is 0.223 e. The van der Waals surface area contributed by atoms with E-state index in [2.05, 4.69) is 16.0 Å². The summed E-state index contributed by atoms with van der Waals surface area (Å²) in [5.74, 6) is 1.24. The van der Waals surface area contributed by atoms with E-state index in [1.165, 1.54) is 19.3 Å². The van der Waals surface area contributed by atoms with Crippen LogP contribution >= 0.6 is 0 Å². The van der Waals surface area contributed by atoms with E-state index in [1.807, 2.05) is 0 Å². The first-order valence-corrected chi connectivity index (χ1v) is 8.17. The Morgan fingerprint density at radius 1 is 1.20 bits per heavy atom. The fourth-order valence-electron chi connectivity index (χ4n) is 3.52. The Hall–Kier alpha value is -0.650. The molecule has 3 atom stereocenters. The fraction of sp³-hybridized carbons (Fsp3) is 0.933. The number of rotatable bonds is 6. The van der Waals surface area contributed by atoms with Gasteiger partial charge in [0.1, 0.15) is 0 Å². The standard InChI is InChI=1S/C15H27N3O2/c19-15(11-4-5-11)18-7-6-16-13-3-1-2-12(13)14-10-20-9-8-17-14/h11-14,16-17H,1-10H2,(H,18,19). The van der Waals surface area contributed by atoms with Crippen molar-refractivity contribution in [2.24, 2.45) is 11.8 Å². The molecule has 0 bridgehead atoms. The molecule has 5 nitrogen and oxygen atoms in total. The third-order valence-corrected chi connectivity index (χ3v) is 4.82. The normalized spacial score (nSPS) is 34.1. The van der Waals surface area contributed by atoms with E-state index in [0.29, 0.717) is 23.9 Å². The maximum absolute atomic E-state index is 11.5. The van der Waals surface area contributed by atoms with Crippen LogP contribution in [0.3, 0.4) is 0 Å². The molecule has 3 aliphatic rings. The van der Waals surface area contributed by atoms with Crippen LogP contribution in [-0.2, 0) is 9.53 Å². The summed E-state index contributed by atoms with van der Waals surface area (Å²) >= 11 is 0. The number of amides is 1. The monoisotopic (exact) mass is 281 g/mol. The van der Waals surface area contributed by atoms with E-state index in [-0.39, 0.29) is 5.91 Å². The summed E-state index contributed by atoms with van der Waals surface area (Å²) in [4.78, 5) is 11.5. The SMILES string of the molecule is O=C(NCCNC1CCCC1C1COCCN1)C1CC1. The largest absolute Gasteiger partial charge is 0.379 e. The van der Waals surface area contributed by atoms with Crippen molar-refractivity contribution in [3.63, 3.8) is 0 Å². The molecular weight excluding hydrogens is 254 g/mol. The smallest absolute Gasteiger partial charge is 0.223 e. The van der Waals surface area contributed by atoms with Gasteiger partial charge in [0.2, 0.25) is 5.91 Å². The Labute approximate surface area is 121 Å². The van der Waals surface area contributed by atoms with Crippen molar-refractivity contribution in [3.05, 3.63) is 0 Å². The molecule has 0 aromatic heterocycles. The van der Waals surface area contributed by atoms with Gasteiger partial charge in [0.05, 0.1) is 13.2 Å². The molecule has 2 aliphatic carbocycles. The lowest BCUT2D eigenvalue weighted by atomic mass is 9.94. The maximum atomic E-state index is 11.5. The quantitative estimate of drug-likeness (QED) is 0.611. The van der Waals surface area contributed by atoms with E-state index in [0.717, 1.165) is 45.7 Å². The number of ether oxygens (including phenoxy) is 1. The predicted molar refractivity (Wildman–Crippen MR) is 77.5 cm³/mol. The van der Waals surface area contributed by atoms with Crippen LogP contribution in [0.2, 0.25) is 0 Å². The molecule has 3 rings (SSSR count). The summed E-state index contributed by atoms with van der Waals surface area (Å²) in [6, 6.07) is 1.08. The molecule has 1 amide bonds. The third kappa shape index (κ3) is 3.71. The first-order valence-electron chi connectivity index (χ1n) is 8.17. The van der Waals surface area contributed by atoms with Gasteiger partial charge in [0, 0.05) is 37.6 Å².